The Hall–Kier alpha value is -1.97. The third-order valence-electron chi connectivity index (χ3n) is 3.62. The number of nitrogens with zero attached hydrogens (tertiary/aromatic N) is 2. The molecule has 1 saturated heterocycles. The summed E-state index contributed by atoms with van der Waals surface area (Å²) < 4.78 is 10.6. The summed E-state index contributed by atoms with van der Waals surface area (Å²) in [6.45, 7) is 0.872. The van der Waals surface area contributed by atoms with Crippen molar-refractivity contribution in [2.45, 2.75) is 24.5 Å². The van der Waals surface area contributed by atoms with Gasteiger partial charge in [-0.05, 0) is 24.5 Å². The highest BCUT2D eigenvalue weighted by atomic mass is 16.7. The molecule has 3 rings (SSSR count). The summed E-state index contributed by atoms with van der Waals surface area (Å²) in [5.74, 6) is 0. The van der Waals surface area contributed by atoms with Crippen molar-refractivity contribution >= 4 is 5.69 Å². The Kier molecular flexibility index (Phi) is 2.73. The number of benzene rings is 1. The first-order valence-electron chi connectivity index (χ1n) is 6.09. The molecule has 19 heavy (non-hydrogen) atoms. The molecule has 6 nitrogen and oxygen atoms in total. The van der Waals surface area contributed by atoms with Crippen LogP contribution in [0.5, 0.6) is 0 Å². The Balaban J connectivity index is 2.02. The summed E-state index contributed by atoms with van der Waals surface area (Å²) in [5.41, 5.74) is 0.565. The van der Waals surface area contributed by atoms with Gasteiger partial charge >= 0.3 is 0 Å². The van der Waals surface area contributed by atoms with Gasteiger partial charge in [-0.25, -0.2) is 0 Å². The van der Waals surface area contributed by atoms with Gasteiger partial charge < -0.3 is 9.47 Å². The molecule has 0 atom stereocenters. The van der Waals surface area contributed by atoms with Crippen LogP contribution in [-0.2, 0) is 14.9 Å². The number of rotatable bonds is 3. The van der Waals surface area contributed by atoms with Gasteiger partial charge in [-0.2, -0.15) is 5.26 Å². The lowest BCUT2D eigenvalue weighted by Gasteiger charge is -2.12. The van der Waals surface area contributed by atoms with Crippen LogP contribution in [0.3, 0.4) is 0 Å². The fraction of sp³-hybridized carbons (Fsp3) is 0.462. The molecule has 0 N–H and O–H groups in total. The predicted octanol–water partition coefficient (Wildman–Crippen LogP) is 2.20. The Morgan fingerprint density at radius 3 is 2.58 bits per heavy atom. The second-order valence-electron chi connectivity index (χ2n) is 4.80. The average molecular weight is 260 g/mol. The highest BCUT2D eigenvalue weighted by Crippen LogP contribution is 2.49. The van der Waals surface area contributed by atoms with Crippen LogP contribution < -0.4 is 0 Å². The molecular weight excluding hydrogens is 248 g/mol. The Labute approximate surface area is 109 Å². The lowest BCUT2D eigenvalue weighted by Crippen LogP contribution is -2.08. The van der Waals surface area contributed by atoms with Gasteiger partial charge in [0.1, 0.15) is 0 Å². The van der Waals surface area contributed by atoms with E-state index in [2.05, 4.69) is 6.07 Å². The first-order valence-corrected chi connectivity index (χ1v) is 6.09. The van der Waals surface area contributed by atoms with Gasteiger partial charge in [0, 0.05) is 6.07 Å². The largest absolute Gasteiger partial charge is 0.346 e. The van der Waals surface area contributed by atoms with E-state index in [-0.39, 0.29) is 5.69 Å². The van der Waals surface area contributed by atoms with Crippen LogP contribution in [0.4, 0.5) is 5.69 Å². The first kappa shape index (κ1) is 12.1. The molecule has 1 aromatic rings. The van der Waals surface area contributed by atoms with Crippen molar-refractivity contribution in [3.05, 3.63) is 39.4 Å². The topological polar surface area (TPSA) is 85.4 Å². The third-order valence-corrected chi connectivity index (χ3v) is 3.62. The highest BCUT2D eigenvalue weighted by Gasteiger charge is 2.46. The number of nitro groups is 1. The van der Waals surface area contributed by atoms with E-state index in [0.29, 0.717) is 24.3 Å². The summed E-state index contributed by atoms with van der Waals surface area (Å²) >= 11 is 0. The van der Waals surface area contributed by atoms with Crippen molar-refractivity contribution in [2.24, 2.45) is 0 Å². The Bertz CT molecular complexity index is 568. The maximum absolute atomic E-state index is 11.2. The summed E-state index contributed by atoms with van der Waals surface area (Å²) in [7, 11) is 0. The van der Waals surface area contributed by atoms with Gasteiger partial charge in [-0.1, -0.05) is 6.07 Å². The zero-order valence-corrected chi connectivity index (χ0v) is 10.2. The minimum absolute atomic E-state index is 0.0362. The molecule has 0 unspecified atom stereocenters. The normalized spacial score (nSPS) is 21.0. The molecule has 1 heterocycles. The van der Waals surface area contributed by atoms with E-state index < -0.39 is 16.6 Å². The molecule has 98 valence electrons. The zero-order valence-electron chi connectivity index (χ0n) is 10.2. The smallest absolute Gasteiger partial charge is 0.278 e. The SMILES string of the molecule is N#CC1(c2ccc(C3OCCO3)c([N+](=O)[O-])c2)CC1. The second-order valence-corrected chi connectivity index (χ2v) is 4.80. The number of nitro benzene ring substituents is 1. The number of hydrogen-bond donors (Lipinski definition) is 0. The monoisotopic (exact) mass is 260 g/mol. The minimum atomic E-state index is -0.674. The minimum Gasteiger partial charge on any atom is -0.346 e. The molecule has 2 fully saturated rings. The maximum Gasteiger partial charge on any atom is 0.278 e. The van der Waals surface area contributed by atoms with E-state index in [0.717, 1.165) is 12.8 Å². The van der Waals surface area contributed by atoms with Crippen LogP contribution in [0, 0.1) is 21.4 Å². The molecule has 1 aromatic carbocycles. The van der Waals surface area contributed by atoms with E-state index in [1.807, 2.05) is 0 Å². The molecule has 1 aliphatic heterocycles. The van der Waals surface area contributed by atoms with E-state index in [1.165, 1.54) is 6.07 Å². The summed E-state index contributed by atoms with van der Waals surface area (Å²) in [6, 6.07) is 7.13. The number of ether oxygens (including phenoxy) is 2. The molecule has 1 aliphatic carbocycles. The Morgan fingerprint density at radius 2 is 2.05 bits per heavy atom. The van der Waals surface area contributed by atoms with Crippen molar-refractivity contribution in [3.8, 4) is 6.07 Å². The number of nitriles is 1. The molecule has 6 heteroatoms. The lowest BCUT2D eigenvalue weighted by molar-refractivity contribution is -0.386. The van der Waals surface area contributed by atoms with E-state index >= 15 is 0 Å². The quantitative estimate of drug-likeness (QED) is 0.614. The van der Waals surface area contributed by atoms with Crippen LogP contribution in [-0.4, -0.2) is 18.1 Å². The molecule has 0 radical (unpaired) electrons. The summed E-state index contributed by atoms with van der Waals surface area (Å²) in [5, 5.41) is 20.3. The van der Waals surface area contributed by atoms with Gasteiger partial charge in [0.25, 0.3) is 5.69 Å². The fourth-order valence-electron chi connectivity index (χ4n) is 2.33. The Morgan fingerprint density at radius 1 is 1.37 bits per heavy atom. The highest BCUT2D eigenvalue weighted by molar-refractivity contribution is 5.50. The molecule has 0 spiro atoms. The molecule has 2 aliphatic rings. The van der Waals surface area contributed by atoms with Crippen molar-refractivity contribution in [1.82, 2.24) is 0 Å². The first-order chi connectivity index (χ1) is 9.16. The van der Waals surface area contributed by atoms with Crippen molar-refractivity contribution in [3.63, 3.8) is 0 Å². The summed E-state index contributed by atoms with van der Waals surface area (Å²) in [6.07, 6.45) is 0.846. The molecule has 0 amide bonds. The van der Waals surface area contributed by atoms with Gasteiger partial charge in [0.05, 0.1) is 35.2 Å². The predicted molar refractivity (Wildman–Crippen MR) is 64.3 cm³/mol. The van der Waals surface area contributed by atoms with Crippen molar-refractivity contribution in [2.75, 3.05) is 13.2 Å². The second kappa shape index (κ2) is 4.30. The molecule has 0 bridgehead atoms. The van der Waals surface area contributed by atoms with Crippen LogP contribution in [0.2, 0.25) is 0 Å². The van der Waals surface area contributed by atoms with Crippen LogP contribution in [0.15, 0.2) is 18.2 Å². The van der Waals surface area contributed by atoms with Crippen molar-refractivity contribution in [1.29, 1.82) is 5.26 Å². The molecule has 0 aromatic heterocycles. The summed E-state index contributed by atoms with van der Waals surface area (Å²) in [4.78, 5) is 10.7. The maximum atomic E-state index is 11.2. The van der Waals surface area contributed by atoms with Gasteiger partial charge in [0.15, 0.2) is 6.29 Å². The van der Waals surface area contributed by atoms with Gasteiger partial charge in [-0.3, -0.25) is 10.1 Å². The molecular formula is C13H12N2O4. The average Bonchev–Trinajstić information content (AvgIpc) is 3.04. The fourth-order valence-corrected chi connectivity index (χ4v) is 2.33. The van der Waals surface area contributed by atoms with Crippen molar-refractivity contribution < 1.29 is 14.4 Å². The molecule has 1 saturated carbocycles. The lowest BCUT2D eigenvalue weighted by atomic mass is 9.95. The van der Waals surface area contributed by atoms with Gasteiger partial charge in [0.2, 0.25) is 0 Å². The van der Waals surface area contributed by atoms with Gasteiger partial charge in [-0.15, -0.1) is 0 Å². The standard InChI is InChI=1S/C13H12N2O4/c14-8-13(3-4-13)9-1-2-10(11(7-9)15(16)17)12-18-5-6-19-12/h1-2,7,12H,3-6H2. The van der Waals surface area contributed by atoms with Crippen LogP contribution in [0.1, 0.15) is 30.3 Å². The van der Waals surface area contributed by atoms with E-state index in [4.69, 9.17) is 14.7 Å². The van der Waals surface area contributed by atoms with Crippen LogP contribution >= 0.6 is 0 Å². The number of hydrogen-bond acceptors (Lipinski definition) is 5. The zero-order chi connectivity index (χ0) is 13.5. The van der Waals surface area contributed by atoms with Crippen LogP contribution in [0.25, 0.3) is 0 Å². The van der Waals surface area contributed by atoms with E-state index in [1.54, 1.807) is 12.1 Å². The third kappa shape index (κ3) is 1.97. The van der Waals surface area contributed by atoms with E-state index in [9.17, 15) is 10.1 Å².